The van der Waals surface area contributed by atoms with Crippen molar-refractivity contribution in [1.29, 1.82) is 0 Å². The molecule has 1 aromatic heterocycles. The van der Waals surface area contributed by atoms with Crippen LogP contribution in [0.2, 0.25) is 0 Å². The molecule has 8 heteroatoms. The monoisotopic (exact) mass is 367 g/mol. The molecule has 3 aromatic rings. The molecule has 2 aromatic carbocycles. The fraction of sp³-hybridized carbons (Fsp3) is 0.158. The average Bonchev–Trinajstić information content (AvgIpc) is 3.16. The molecule has 1 N–H and O–H groups in total. The van der Waals surface area contributed by atoms with E-state index in [-0.39, 0.29) is 11.9 Å². The van der Waals surface area contributed by atoms with Crippen LogP contribution in [0.5, 0.6) is 5.75 Å². The topological polar surface area (TPSA) is 104 Å². The number of nitrogens with zero attached hydrogens (tertiary/aromatic N) is 2. The molecule has 138 valence electrons. The predicted molar refractivity (Wildman–Crippen MR) is 95.9 cm³/mol. The van der Waals surface area contributed by atoms with Crippen LogP contribution in [0.15, 0.2) is 65.1 Å². The number of carbonyl (C=O) groups excluding carboxylic acids is 2. The van der Waals surface area contributed by atoms with Gasteiger partial charge < -0.3 is 13.9 Å². The maximum atomic E-state index is 11.9. The van der Waals surface area contributed by atoms with Gasteiger partial charge in [0.1, 0.15) is 5.75 Å². The van der Waals surface area contributed by atoms with E-state index in [0.29, 0.717) is 5.75 Å². The van der Waals surface area contributed by atoms with Crippen molar-refractivity contribution in [2.75, 3.05) is 11.9 Å². The number of nitrogens with one attached hydrogen (secondary N) is 1. The largest absolute Gasteiger partial charge is 0.479 e. The highest BCUT2D eigenvalue weighted by Gasteiger charge is 2.18. The summed E-state index contributed by atoms with van der Waals surface area (Å²) in [4.78, 5) is 23.8. The summed E-state index contributed by atoms with van der Waals surface area (Å²) in [5.41, 5.74) is 0.726. The van der Waals surface area contributed by atoms with Crippen LogP contribution < -0.4 is 10.1 Å². The zero-order chi connectivity index (χ0) is 19.1. The van der Waals surface area contributed by atoms with Gasteiger partial charge in [-0.1, -0.05) is 41.5 Å². The Hall–Kier alpha value is -3.68. The highest BCUT2D eigenvalue weighted by Crippen LogP contribution is 2.19. The zero-order valence-corrected chi connectivity index (χ0v) is 14.5. The Morgan fingerprint density at radius 3 is 2.41 bits per heavy atom. The van der Waals surface area contributed by atoms with Gasteiger partial charge in [0.15, 0.2) is 12.7 Å². The number of amides is 1. The number of rotatable bonds is 7. The highest BCUT2D eigenvalue weighted by molar-refractivity contribution is 5.91. The van der Waals surface area contributed by atoms with Crippen LogP contribution >= 0.6 is 0 Å². The quantitative estimate of drug-likeness (QED) is 0.640. The van der Waals surface area contributed by atoms with Crippen LogP contribution in [-0.4, -0.2) is 34.8 Å². The van der Waals surface area contributed by atoms with E-state index < -0.39 is 24.6 Å². The minimum Gasteiger partial charge on any atom is -0.479 e. The van der Waals surface area contributed by atoms with E-state index in [1.165, 1.54) is 6.92 Å². The van der Waals surface area contributed by atoms with Crippen molar-refractivity contribution in [2.24, 2.45) is 0 Å². The molecule has 1 heterocycles. The van der Waals surface area contributed by atoms with E-state index in [9.17, 15) is 9.59 Å². The third kappa shape index (κ3) is 5.15. The van der Waals surface area contributed by atoms with Gasteiger partial charge in [-0.2, -0.15) is 0 Å². The molecule has 3 rings (SSSR count). The van der Waals surface area contributed by atoms with Crippen molar-refractivity contribution in [3.05, 3.63) is 60.7 Å². The number of ether oxygens (including phenoxy) is 2. The van der Waals surface area contributed by atoms with Crippen LogP contribution in [0.25, 0.3) is 11.5 Å². The molecule has 0 spiro atoms. The predicted octanol–water partition coefficient (Wildman–Crippen LogP) is 2.69. The number of aromatic nitrogens is 2. The molecular formula is C19H17N3O5. The molecule has 0 saturated heterocycles. The standard InChI is InChI=1S/C19H17N3O5/c1-13(26-15-10-6-3-7-11-15)18(24)25-12-16(23)20-19-22-21-17(27-19)14-8-4-2-5-9-14/h2-11,13H,12H2,1H3,(H,20,22,23)/t13-/m1/s1. The SMILES string of the molecule is C[C@@H](Oc1ccccc1)C(=O)OCC(=O)Nc1nnc(-c2ccccc2)o1. The van der Waals surface area contributed by atoms with E-state index in [0.717, 1.165) is 5.56 Å². The van der Waals surface area contributed by atoms with Crippen LogP contribution in [0.4, 0.5) is 6.01 Å². The van der Waals surface area contributed by atoms with Gasteiger partial charge in [-0.15, -0.1) is 5.10 Å². The fourth-order valence-electron chi connectivity index (χ4n) is 2.13. The van der Waals surface area contributed by atoms with Gasteiger partial charge in [0, 0.05) is 5.56 Å². The van der Waals surface area contributed by atoms with Crippen molar-refractivity contribution in [3.63, 3.8) is 0 Å². The van der Waals surface area contributed by atoms with Crippen molar-refractivity contribution >= 4 is 17.9 Å². The molecule has 27 heavy (non-hydrogen) atoms. The molecule has 1 amide bonds. The normalized spacial score (nSPS) is 11.4. The third-order valence-electron chi connectivity index (χ3n) is 3.43. The molecule has 0 fully saturated rings. The van der Waals surface area contributed by atoms with Crippen molar-refractivity contribution in [1.82, 2.24) is 10.2 Å². The minimum absolute atomic E-state index is 0.0801. The summed E-state index contributed by atoms with van der Waals surface area (Å²) in [5, 5.41) is 9.97. The van der Waals surface area contributed by atoms with Crippen molar-refractivity contribution in [2.45, 2.75) is 13.0 Å². The Bertz CT molecular complexity index is 896. The first-order valence-electron chi connectivity index (χ1n) is 8.19. The van der Waals surface area contributed by atoms with Crippen molar-refractivity contribution < 1.29 is 23.5 Å². The van der Waals surface area contributed by atoms with Gasteiger partial charge in [-0.05, 0) is 31.2 Å². The Morgan fingerprint density at radius 2 is 1.70 bits per heavy atom. The molecule has 0 unspecified atom stereocenters. The summed E-state index contributed by atoms with van der Waals surface area (Å²) >= 11 is 0. The molecule has 1 atom stereocenters. The second-order valence-electron chi connectivity index (χ2n) is 5.51. The highest BCUT2D eigenvalue weighted by atomic mass is 16.6. The molecule has 0 radical (unpaired) electrons. The zero-order valence-electron chi connectivity index (χ0n) is 14.5. The lowest BCUT2D eigenvalue weighted by molar-refractivity contribution is -0.153. The van der Waals surface area contributed by atoms with Crippen LogP contribution in [-0.2, 0) is 14.3 Å². The Morgan fingerprint density at radius 1 is 1.04 bits per heavy atom. The van der Waals surface area contributed by atoms with Gasteiger partial charge in [0.2, 0.25) is 5.89 Å². The van der Waals surface area contributed by atoms with Crippen LogP contribution in [0.1, 0.15) is 6.92 Å². The molecular weight excluding hydrogens is 350 g/mol. The Labute approximate surface area is 155 Å². The van der Waals surface area contributed by atoms with Crippen molar-refractivity contribution in [3.8, 4) is 17.2 Å². The van der Waals surface area contributed by atoms with Gasteiger partial charge >= 0.3 is 12.0 Å². The Kier molecular flexibility index (Phi) is 5.78. The number of benzene rings is 2. The molecule has 0 saturated carbocycles. The van der Waals surface area contributed by atoms with E-state index in [4.69, 9.17) is 13.9 Å². The maximum Gasteiger partial charge on any atom is 0.347 e. The fourth-order valence-corrected chi connectivity index (χ4v) is 2.13. The number of carbonyl (C=O) groups is 2. The average molecular weight is 367 g/mol. The number of esters is 1. The lowest BCUT2D eigenvalue weighted by Crippen LogP contribution is -2.29. The summed E-state index contributed by atoms with van der Waals surface area (Å²) in [6, 6.07) is 17.9. The summed E-state index contributed by atoms with van der Waals surface area (Å²) < 4.78 is 15.7. The summed E-state index contributed by atoms with van der Waals surface area (Å²) in [7, 11) is 0. The van der Waals surface area contributed by atoms with Gasteiger partial charge in [-0.3, -0.25) is 10.1 Å². The molecule has 0 bridgehead atoms. The van der Waals surface area contributed by atoms with Gasteiger partial charge in [0.25, 0.3) is 5.91 Å². The maximum absolute atomic E-state index is 11.9. The van der Waals surface area contributed by atoms with Gasteiger partial charge in [-0.25, -0.2) is 4.79 Å². The lowest BCUT2D eigenvalue weighted by Gasteiger charge is -2.13. The first-order valence-corrected chi connectivity index (χ1v) is 8.19. The first-order chi connectivity index (χ1) is 13.1. The van der Waals surface area contributed by atoms with Crippen LogP contribution in [0.3, 0.4) is 0 Å². The second-order valence-corrected chi connectivity index (χ2v) is 5.51. The molecule has 0 aliphatic heterocycles. The first kappa shape index (κ1) is 18.1. The summed E-state index contributed by atoms with van der Waals surface area (Å²) in [6.45, 7) is 1.04. The molecule has 0 aliphatic carbocycles. The van der Waals surface area contributed by atoms with E-state index in [1.807, 2.05) is 24.3 Å². The summed E-state index contributed by atoms with van der Waals surface area (Å²) in [6.07, 6.45) is -0.853. The number of para-hydroxylation sites is 1. The summed E-state index contributed by atoms with van der Waals surface area (Å²) in [5.74, 6) is -0.457. The minimum atomic E-state index is -0.853. The number of anilines is 1. The van der Waals surface area contributed by atoms with E-state index >= 15 is 0 Å². The Balaban J connectivity index is 1.47. The lowest BCUT2D eigenvalue weighted by atomic mass is 10.2. The van der Waals surface area contributed by atoms with E-state index in [1.54, 1.807) is 36.4 Å². The molecule has 0 aliphatic rings. The molecule has 8 nitrogen and oxygen atoms in total. The third-order valence-corrected chi connectivity index (χ3v) is 3.43. The van der Waals surface area contributed by atoms with Crippen LogP contribution in [0, 0.1) is 0 Å². The number of hydrogen-bond donors (Lipinski definition) is 1. The smallest absolute Gasteiger partial charge is 0.347 e. The second kappa shape index (κ2) is 8.61. The van der Waals surface area contributed by atoms with E-state index in [2.05, 4.69) is 15.5 Å². The van der Waals surface area contributed by atoms with Gasteiger partial charge in [0.05, 0.1) is 0 Å². The number of hydrogen-bond acceptors (Lipinski definition) is 7.